The Bertz CT molecular complexity index is 822. The predicted octanol–water partition coefficient (Wildman–Crippen LogP) is 1.32. The van der Waals surface area contributed by atoms with Crippen LogP contribution in [0.4, 0.5) is 5.69 Å². The predicted molar refractivity (Wildman–Crippen MR) is 74.4 cm³/mol. The van der Waals surface area contributed by atoms with Gasteiger partial charge in [0.05, 0.1) is 4.92 Å². The van der Waals surface area contributed by atoms with Crippen molar-refractivity contribution >= 4 is 17.3 Å². The molecule has 2 N–H and O–H groups in total. The maximum Gasteiger partial charge on any atom is 0.295 e. The molecule has 0 atom stereocenters. The fourth-order valence-corrected chi connectivity index (χ4v) is 2.45. The van der Waals surface area contributed by atoms with Gasteiger partial charge in [0.1, 0.15) is 0 Å². The van der Waals surface area contributed by atoms with E-state index in [4.69, 9.17) is 0 Å². The second-order valence-electron chi connectivity index (χ2n) is 4.86. The van der Waals surface area contributed by atoms with E-state index >= 15 is 0 Å². The summed E-state index contributed by atoms with van der Waals surface area (Å²) >= 11 is 0. The van der Waals surface area contributed by atoms with Crippen LogP contribution in [0.15, 0.2) is 42.5 Å². The number of aliphatic hydroxyl groups is 2. The molecule has 0 saturated carbocycles. The van der Waals surface area contributed by atoms with Crippen LogP contribution in [0.2, 0.25) is 0 Å². The molecule has 2 aromatic carbocycles. The zero-order valence-corrected chi connectivity index (χ0v) is 11.0. The fraction of sp³-hybridized carbons (Fsp3) is 0.0667. The number of nitro benzene ring substituents is 1. The lowest BCUT2D eigenvalue weighted by molar-refractivity contribution is -0.384. The summed E-state index contributed by atoms with van der Waals surface area (Å²) in [5.41, 5.74) is 0.492. The summed E-state index contributed by atoms with van der Waals surface area (Å²) in [4.78, 5) is 34.0. The van der Waals surface area contributed by atoms with Crippen molar-refractivity contribution in [3.8, 4) is 11.1 Å². The Kier molecular flexibility index (Phi) is 2.91. The van der Waals surface area contributed by atoms with E-state index in [2.05, 4.69) is 0 Å². The van der Waals surface area contributed by atoms with E-state index in [1.165, 1.54) is 42.5 Å². The van der Waals surface area contributed by atoms with Crippen molar-refractivity contribution in [2.45, 2.75) is 5.79 Å². The molecule has 1 aliphatic rings. The average molecular weight is 299 g/mol. The molecular weight excluding hydrogens is 290 g/mol. The average Bonchev–Trinajstić information content (AvgIpc) is 2.68. The van der Waals surface area contributed by atoms with Crippen molar-refractivity contribution in [1.29, 1.82) is 0 Å². The molecule has 0 saturated heterocycles. The molecule has 110 valence electrons. The lowest BCUT2D eigenvalue weighted by atomic mass is 9.96. The molecule has 7 nitrogen and oxygen atoms in total. The van der Waals surface area contributed by atoms with Gasteiger partial charge in [0.25, 0.3) is 11.5 Å². The van der Waals surface area contributed by atoms with Gasteiger partial charge in [0.15, 0.2) is 0 Å². The van der Waals surface area contributed by atoms with Gasteiger partial charge in [-0.05, 0) is 23.3 Å². The SMILES string of the molecule is O=C1c2cccc(-c3ccc([N+](=O)[O-])cc3)c2C(=O)C1(O)O. The number of hydrogen-bond acceptors (Lipinski definition) is 6. The minimum atomic E-state index is -3.06. The second-order valence-corrected chi connectivity index (χ2v) is 4.86. The molecule has 3 rings (SSSR count). The first-order chi connectivity index (χ1) is 10.3. The van der Waals surface area contributed by atoms with Crippen LogP contribution in [0.1, 0.15) is 20.7 Å². The minimum Gasteiger partial charge on any atom is -0.353 e. The van der Waals surface area contributed by atoms with E-state index in [1.807, 2.05) is 0 Å². The number of carbonyl (C=O) groups excluding carboxylic acids is 2. The molecular formula is C15H9NO6. The van der Waals surface area contributed by atoms with E-state index in [0.717, 1.165) is 0 Å². The Balaban J connectivity index is 2.18. The molecule has 7 heteroatoms. The van der Waals surface area contributed by atoms with Gasteiger partial charge in [-0.25, -0.2) is 0 Å². The number of non-ortho nitro benzene ring substituents is 1. The Hall–Kier alpha value is -2.90. The topological polar surface area (TPSA) is 118 Å². The second kappa shape index (κ2) is 4.55. The summed E-state index contributed by atoms with van der Waals surface area (Å²) in [6.07, 6.45) is 0. The van der Waals surface area contributed by atoms with Crippen LogP contribution < -0.4 is 0 Å². The maximum absolute atomic E-state index is 12.1. The Morgan fingerprint density at radius 3 is 2.09 bits per heavy atom. The number of rotatable bonds is 2. The van der Waals surface area contributed by atoms with Crippen LogP contribution >= 0.6 is 0 Å². The monoisotopic (exact) mass is 299 g/mol. The number of benzene rings is 2. The van der Waals surface area contributed by atoms with E-state index in [0.29, 0.717) is 11.1 Å². The Labute approximate surface area is 123 Å². The molecule has 0 amide bonds. The third-order valence-corrected chi connectivity index (χ3v) is 3.56. The normalized spacial score (nSPS) is 15.7. The smallest absolute Gasteiger partial charge is 0.295 e. The summed E-state index contributed by atoms with van der Waals surface area (Å²) in [7, 11) is 0. The molecule has 0 aliphatic heterocycles. The van der Waals surface area contributed by atoms with Crippen LogP contribution in [0.5, 0.6) is 0 Å². The van der Waals surface area contributed by atoms with E-state index in [-0.39, 0.29) is 16.8 Å². The number of ketones is 2. The molecule has 2 aromatic rings. The third-order valence-electron chi connectivity index (χ3n) is 3.56. The van der Waals surface area contributed by atoms with E-state index < -0.39 is 22.3 Å². The fourth-order valence-electron chi connectivity index (χ4n) is 2.45. The summed E-state index contributed by atoms with van der Waals surface area (Å²) in [6, 6.07) is 9.76. The van der Waals surface area contributed by atoms with Crippen LogP contribution in [0.3, 0.4) is 0 Å². The number of Topliss-reactive ketones (excluding diaryl/α,β-unsaturated/α-hetero) is 2. The van der Waals surface area contributed by atoms with Crippen LogP contribution in [0.25, 0.3) is 11.1 Å². The molecule has 0 aromatic heterocycles. The van der Waals surface area contributed by atoms with Gasteiger partial charge in [0.2, 0.25) is 11.6 Å². The first kappa shape index (κ1) is 14.1. The summed E-state index contributed by atoms with van der Waals surface area (Å²) in [6.45, 7) is 0. The molecule has 0 heterocycles. The van der Waals surface area contributed by atoms with Gasteiger partial charge in [-0.1, -0.05) is 18.2 Å². The molecule has 0 fully saturated rings. The Morgan fingerprint density at radius 2 is 1.50 bits per heavy atom. The highest BCUT2D eigenvalue weighted by Crippen LogP contribution is 2.36. The van der Waals surface area contributed by atoms with E-state index in [1.54, 1.807) is 0 Å². The molecule has 22 heavy (non-hydrogen) atoms. The van der Waals surface area contributed by atoms with Crippen LogP contribution in [0, 0.1) is 10.1 Å². The van der Waals surface area contributed by atoms with Gasteiger partial charge < -0.3 is 10.2 Å². The van der Waals surface area contributed by atoms with E-state index in [9.17, 15) is 29.9 Å². The van der Waals surface area contributed by atoms with Gasteiger partial charge in [0, 0.05) is 23.3 Å². The van der Waals surface area contributed by atoms with Gasteiger partial charge in [-0.15, -0.1) is 0 Å². The molecule has 0 unspecified atom stereocenters. The largest absolute Gasteiger partial charge is 0.353 e. The maximum atomic E-state index is 12.1. The van der Waals surface area contributed by atoms with Crippen molar-refractivity contribution < 1.29 is 24.7 Å². The van der Waals surface area contributed by atoms with Crippen LogP contribution in [-0.4, -0.2) is 32.5 Å². The molecule has 0 spiro atoms. The number of hydrogen-bond donors (Lipinski definition) is 2. The third kappa shape index (κ3) is 1.84. The standard InChI is InChI=1S/C15H9NO6/c17-13-11-3-1-2-10(12(11)14(18)15(13,19)20)8-4-6-9(7-5-8)16(21)22/h1-7,19-20H. The zero-order chi connectivity index (χ0) is 16.1. The number of carbonyl (C=O) groups is 2. The zero-order valence-electron chi connectivity index (χ0n) is 11.0. The highest BCUT2D eigenvalue weighted by atomic mass is 16.6. The van der Waals surface area contributed by atoms with Gasteiger partial charge in [-0.3, -0.25) is 19.7 Å². The first-order valence-corrected chi connectivity index (χ1v) is 6.26. The van der Waals surface area contributed by atoms with Gasteiger partial charge in [-0.2, -0.15) is 0 Å². The summed E-state index contributed by atoms with van der Waals surface area (Å²) in [5, 5.41) is 29.9. The minimum absolute atomic E-state index is 0.0779. The Morgan fingerprint density at radius 1 is 0.909 bits per heavy atom. The van der Waals surface area contributed by atoms with Crippen molar-refractivity contribution in [3.63, 3.8) is 0 Å². The molecule has 0 bridgehead atoms. The van der Waals surface area contributed by atoms with Crippen molar-refractivity contribution in [1.82, 2.24) is 0 Å². The number of fused-ring (bicyclic) bond motifs is 1. The molecule has 1 aliphatic carbocycles. The highest BCUT2D eigenvalue weighted by Gasteiger charge is 2.51. The number of nitrogens with zero attached hydrogens (tertiary/aromatic N) is 1. The van der Waals surface area contributed by atoms with Crippen molar-refractivity contribution in [2.75, 3.05) is 0 Å². The highest BCUT2D eigenvalue weighted by molar-refractivity contribution is 6.32. The van der Waals surface area contributed by atoms with Crippen molar-refractivity contribution in [3.05, 3.63) is 63.7 Å². The molecule has 0 radical (unpaired) electrons. The summed E-state index contributed by atoms with van der Waals surface area (Å²) in [5.74, 6) is -5.23. The van der Waals surface area contributed by atoms with Crippen molar-refractivity contribution in [2.24, 2.45) is 0 Å². The summed E-state index contributed by atoms with van der Waals surface area (Å²) < 4.78 is 0. The number of nitro groups is 1. The van der Waals surface area contributed by atoms with Crippen LogP contribution in [-0.2, 0) is 0 Å². The first-order valence-electron chi connectivity index (χ1n) is 6.26. The van der Waals surface area contributed by atoms with Gasteiger partial charge >= 0.3 is 0 Å². The lowest BCUT2D eigenvalue weighted by Crippen LogP contribution is -2.40. The quantitative estimate of drug-likeness (QED) is 0.374. The lowest BCUT2D eigenvalue weighted by Gasteiger charge is -2.10.